The number of thiophene rings is 1. The van der Waals surface area contributed by atoms with Crippen molar-refractivity contribution in [3.8, 4) is 0 Å². The Labute approximate surface area is 108 Å². The molecule has 4 unspecified atom stereocenters. The van der Waals surface area contributed by atoms with Crippen LogP contribution in [-0.4, -0.2) is 6.04 Å². The Kier molecular flexibility index (Phi) is 3.10. The van der Waals surface area contributed by atoms with Crippen LogP contribution in [0.1, 0.15) is 30.2 Å². The van der Waals surface area contributed by atoms with Gasteiger partial charge in [0.25, 0.3) is 0 Å². The Morgan fingerprint density at radius 3 is 2.88 bits per heavy atom. The van der Waals surface area contributed by atoms with Crippen LogP contribution >= 0.6 is 11.3 Å². The van der Waals surface area contributed by atoms with E-state index in [-0.39, 0.29) is 0 Å². The van der Waals surface area contributed by atoms with Crippen LogP contribution in [0.4, 0.5) is 0 Å². The molecule has 1 saturated carbocycles. The van der Waals surface area contributed by atoms with Gasteiger partial charge in [0.05, 0.1) is 0 Å². The molecule has 0 aliphatic heterocycles. The molecule has 0 amide bonds. The third-order valence-electron chi connectivity index (χ3n) is 4.53. The minimum absolute atomic E-state index is 0.649. The van der Waals surface area contributed by atoms with Crippen LogP contribution in [0.3, 0.4) is 0 Å². The van der Waals surface area contributed by atoms with E-state index >= 15 is 0 Å². The summed E-state index contributed by atoms with van der Waals surface area (Å²) in [7, 11) is 0. The van der Waals surface area contributed by atoms with Crippen LogP contribution in [0.15, 0.2) is 23.6 Å². The Hall–Kier alpha value is -0.600. The fourth-order valence-electron chi connectivity index (χ4n) is 3.39. The number of fused-ring (bicyclic) bond motifs is 2. The first kappa shape index (κ1) is 11.5. The maximum Gasteiger partial charge on any atom is 0.0304 e. The summed E-state index contributed by atoms with van der Waals surface area (Å²) in [5.41, 5.74) is 1.43. The number of nitrogens with one attached hydrogen (secondary N) is 1. The molecule has 17 heavy (non-hydrogen) atoms. The van der Waals surface area contributed by atoms with Crippen molar-refractivity contribution in [2.75, 3.05) is 0 Å². The summed E-state index contributed by atoms with van der Waals surface area (Å²) in [6, 6.07) is 2.86. The van der Waals surface area contributed by atoms with Crippen LogP contribution in [-0.2, 0) is 6.54 Å². The molecule has 2 bridgehead atoms. The van der Waals surface area contributed by atoms with E-state index in [4.69, 9.17) is 0 Å². The molecule has 1 aromatic heterocycles. The molecule has 1 heterocycles. The van der Waals surface area contributed by atoms with Gasteiger partial charge in [0.1, 0.15) is 0 Å². The topological polar surface area (TPSA) is 12.0 Å². The van der Waals surface area contributed by atoms with Crippen molar-refractivity contribution in [3.63, 3.8) is 0 Å². The summed E-state index contributed by atoms with van der Waals surface area (Å²) in [5, 5.41) is 5.92. The molecule has 0 saturated heterocycles. The second-order valence-corrected chi connectivity index (χ2v) is 6.64. The highest BCUT2D eigenvalue weighted by Crippen LogP contribution is 2.44. The van der Waals surface area contributed by atoms with E-state index in [1.807, 2.05) is 11.3 Å². The van der Waals surface area contributed by atoms with E-state index < -0.39 is 0 Å². The smallest absolute Gasteiger partial charge is 0.0304 e. The van der Waals surface area contributed by atoms with Gasteiger partial charge in [0, 0.05) is 17.5 Å². The third-order valence-corrected chi connectivity index (χ3v) is 5.55. The van der Waals surface area contributed by atoms with Gasteiger partial charge < -0.3 is 5.32 Å². The molecule has 1 nitrogen and oxygen atoms in total. The van der Waals surface area contributed by atoms with E-state index in [0.717, 1.165) is 24.3 Å². The van der Waals surface area contributed by atoms with Crippen LogP contribution < -0.4 is 5.32 Å². The standard InChI is InChI=1S/C15H21NS/c1-10-5-6-17-15(10)9-16-11(2)14-8-12-3-4-13(14)7-12/h3-6,11-14,16H,7-9H2,1-2H3. The largest absolute Gasteiger partial charge is 0.309 e. The molecular formula is C15H21NS. The molecule has 1 aromatic rings. The lowest BCUT2D eigenvalue weighted by Gasteiger charge is -2.26. The van der Waals surface area contributed by atoms with E-state index in [0.29, 0.717) is 6.04 Å². The predicted molar refractivity (Wildman–Crippen MR) is 74.2 cm³/mol. The first-order valence-corrected chi connectivity index (χ1v) is 7.56. The van der Waals surface area contributed by atoms with Crippen molar-refractivity contribution < 1.29 is 0 Å². The van der Waals surface area contributed by atoms with E-state index in [1.165, 1.54) is 23.3 Å². The van der Waals surface area contributed by atoms with Crippen LogP contribution in [0.2, 0.25) is 0 Å². The van der Waals surface area contributed by atoms with Crippen molar-refractivity contribution in [2.24, 2.45) is 17.8 Å². The Balaban J connectivity index is 1.56. The van der Waals surface area contributed by atoms with Crippen molar-refractivity contribution in [3.05, 3.63) is 34.0 Å². The number of hydrogen-bond donors (Lipinski definition) is 1. The monoisotopic (exact) mass is 247 g/mol. The zero-order valence-corrected chi connectivity index (χ0v) is 11.5. The SMILES string of the molecule is Cc1ccsc1CNC(C)C1CC2C=CC1C2. The van der Waals surface area contributed by atoms with Gasteiger partial charge in [-0.2, -0.15) is 0 Å². The third kappa shape index (κ3) is 2.21. The Bertz CT molecular complexity index is 420. The minimum Gasteiger partial charge on any atom is -0.309 e. The van der Waals surface area contributed by atoms with Crippen molar-refractivity contribution >= 4 is 11.3 Å². The highest BCUT2D eigenvalue weighted by Gasteiger charge is 2.38. The van der Waals surface area contributed by atoms with Gasteiger partial charge in [-0.3, -0.25) is 0 Å². The summed E-state index contributed by atoms with van der Waals surface area (Å²) >= 11 is 1.87. The highest BCUT2D eigenvalue weighted by atomic mass is 32.1. The van der Waals surface area contributed by atoms with Crippen LogP contribution in [0, 0.1) is 24.7 Å². The highest BCUT2D eigenvalue weighted by molar-refractivity contribution is 7.10. The maximum absolute atomic E-state index is 3.73. The van der Waals surface area contributed by atoms with Gasteiger partial charge in [-0.15, -0.1) is 11.3 Å². The molecule has 4 atom stereocenters. The van der Waals surface area contributed by atoms with Gasteiger partial charge in [0.15, 0.2) is 0 Å². The molecule has 3 rings (SSSR count). The molecule has 92 valence electrons. The predicted octanol–water partition coefficient (Wildman–Crippen LogP) is 3.75. The van der Waals surface area contributed by atoms with Gasteiger partial charge in [-0.1, -0.05) is 12.2 Å². The summed E-state index contributed by atoms with van der Waals surface area (Å²) in [6.45, 7) is 5.61. The zero-order chi connectivity index (χ0) is 11.8. The fourth-order valence-corrected chi connectivity index (χ4v) is 4.25. The lowest BCUT2D eigenvalue weighted by molar-refractivity contribution is 0.327. The maximum atomic E-state index is 3.73. The average Bonchev–Trinajstić information content (AvgIpc) is 3.01. The zero-order valence-electron chi connectivity index (χ0n) is 10.6. The summed E-state index contributed by atoms with van der Waals surface area (Å²) in [6.07, 6.45) is 7.69. The molecule has 1 fully saturated rings. The Morgan fingerprint density at radius 2 is 2.29 bits per heavy atom. The van der Waals surface area contributed by atoms with Crippen LogP contribution in [0.5, 0.6) is 0 Å². The molecule has 0 radical (unpaired) electrons. The van der Waals surface area contributed by atoms with E-state index in [1.54, 1.807) is 0 Å². The van der Waals surface area contributed by atoms with E-state index in [9.17, 15) is 0 Å². The second kappa shape index (κ2) is 4.58. The summed E-state index contributed by atoms with van der Waals surface area (Å²) in [4.78, 5) is 1.50. The van der Waals surface area contributed by atoms with Gasteiger partial charge >= 0.3 is 0 Å². The van der Waals surface area contributed by atoms with Gasteiger partial charge in [0.2, 0.25) is 0 Å². The lowest BCUT2D eigenvalue weighted by atomic mass is 9.87. The molecule has 2 aliphatic carbocycles. The summed E-state index contributed by atoms with van der Waals surface area (Å²) in [5.74, 6) is 2.61. The number of rotatable bonds is 4. The second-order valence-electron chi connectivity index (χ2n) is 5.64. The van der Waals surface area contributed by atoms with E-state index in [2.05, 4.69) is 42.8 Å². The fraction of sp³-hybridized carbons (Fsp3) is 0.600. The number of hydrogen-bond acceptors (Lipinski definition) is 2. The summed E-state index contributed by atoms with van der Waals surface area (Å²) < 4.78 is 0. The number of aryl methyl sites for hydroxylation is 1. The van der Waals surface area contributed by atoms with Crippen LogP contribution in [0.25, 0.3) is 0 Å². The normalized spacial score (nSPS) is 32.2. The first-order chi connectivity index (χ1) is 8.24. The molecule has 1 N–H and O–H groups in total. The lowest BCUT2D eigenvalue weighted by Crippen LogP contribution is -2.35. The number of allylic oxidation sites excluding steroid dienone is 2. The minimum atomic E-state index is 0.649. The van der Waals surface area contributed by atoms with Gasteiger partial charge in [-0.05, 0) is 61.5 Å². The molecule has 2 aliphatic rings. The molecule has 0 spiro atoms. The quantitative estimate of drug-likeness (QED) is 0.799. The average molecular weight is 247 g/mol. The Morgan fingerprint density at radius 1 is 1.41 bits per heavy atom. The van der Waals surface area contributed by atoms with Crippen molar-refractivity contribution in [1.29, 1.82) is 0 Å². The van der Waals surface area contributed by atoms with Crippen molar-refractivity contribution in [2.45, 2.75) is 39.3 Å². The van der Waals surface area contributed by atoms with Crippen molar-refractivity contribution in [1.82, 2.24) is 5.32 Å². The molecule has 0 aromatic carbocycles. The molecule has 2 heteroatoms. The van der Waals surface area contributed by atoms with Gasteiger partial charge in [-0.25, -0.2) is 0 Å². The molecular weight excluding hydrogens is 226 g/mol. The first-order valence-electron chi connectivity index (χ1n) is 6.68.